The van der Waals surface area contributed by atoms with E-state index in [1.807, 2.05) is 18.2 Å². The van der Waals surface area contributed by atoms with Crippen molar-refractivity contribution in [3.05, 3.63) is 34.8 Å². The van der Waals surface area contributed by atoms with Gasteiger partial charge in [-0.05, 0) is 46.8 Å². The average molecular weight is 277 g/mol. The molecule has 3 heteroatoms. The zero-order valence-corrected chi connectivity index (χ0v) is 10.5. The number of pyridine rings is 1. The Balaban J connectivity index is 1.93. The molecule has 1 aromatic heterocycles. The quantitative estimate of drug-likeness (QED) is 0.922. The summed E-state index contributed by atoms with van der Waals surface area (Å²) in [6, 6.07) is 10.3. The van der Waals surface area contributed by atoms with Crippen LogP contribution in [0.2, 0.25) is 0 Å². The summed E-state index contributed by atoms with van der Waals surface area (Å²) in [6.45, 7) is 1.05. The molecule has 0 bridgehead atoms. The van der Waals surface area contributed by atoms with Crippen LogP contribution in [0, 0.1) is 5.92 Å². The lowest BCUT2D eigenvalue weighted by molar-refractivity contribution is 0.883. The fourth-order valence-corrected chi connectivity index (χ4v) is 2.25. The molecular weight excluding hydrogens is 264 g/mol. The van der Waals surface area contributed by atoms with Crippen molar-refractivity contribution in [2.24, 2.45) is 5.92 Å². The minimum absolute atomic E-state index is 0.861. The molecule has 0 saturated heterocycles. The Bertz CT molecular complexity index is 520. The van der Waals surface area contributed by atoms with Gasteiger partial charge in [0.05, 0.1) is 9.99 Å². The highest BCUT2D eigenvalue weighted by molar-refractivity contribution is 9.10. The number of fused-ring (bicyclic) bond motifs is 1. The molecule has 1 aliphatic rings. The van der Waals surface area contributed by atoms with Gasteiger partial charge in [-0.25, -0.2) is 4.98 Å². The minimum Gasteiger partial charge on any atom is -0.369 e. The first-order chi connectivity index (χ1) is 7.83. The monoisotopic (exact) mass is 276 g/mol. The number of halogens is 1. The van der Waals surface area contributed by atoms with Crippen LogP contribution >= 0.6 is 15.9 Å². The summed E-state index contributed by atoms with van der Waals surface area (Å²) in [6.07, 6.45) is 2.72. The molecule has 0 radical (unpaired) electrons. The first-order valence-electron chi connectivity index (χ1n) is 5.62. The maximum atomic E-state index is 4.62. The van der Waals surface area contributed by atoms with Gasteiger partial charge in [0.25, 0.3) is 0 Å². The molecule has 82 valence electrons. The average Bonchev–Trinajstić information content (AvgIpc) is 3.10. The van der Waals surface area contributed by atoms with Crippen LogP contribution in [0.4, 0.5) is 5.82 Å². The van der Waals surface area contributed by atoms with Crippen molar-refractivity contribution in [1.82, 2.24) is 4.98 Å². The number of para-hydroxylation sites is 1. The van der Waals surface area contributed by atoms with Crippen molar-refractivity contribution in [1.29, 1.82) is 0 Å². The summed E-state index contributed by atoms with van der Waals surface area (Å²) in [7, 11) is 0. The molecule has 0 aliphatic heterocycles. The Labute approximate surface area is 103 Å². The zero-order valence-electron chi connectivity index (χ0n) is 8.91. The van der Waals surface area contributed by atoms with Gasteiger partial charge in [0.1, 0.15) is 5.82 Å². The Kier molecular flexibility index (Phi) is 2.56. The molecule has 1 aliphatic carbocycles. The number of nitrogens with one attached hydrogen (secondary N) is 1. The van der Waals surface area contributed by atoms with Gasteiger partial charge in [-0.1, -0.05) is 18.2 Å². The van der Waals surface area contributed by atoms with Crippen LogP contribution in [0.3, 0.4) is 0 Å². The third-order valence-corrected chi connectivity index (χ3v) is 3.54. The van der Waals surface area contributed by atoms with Crippen LogP contribution in [0.1, 0.15) is 12.8 Å². The van der Waals surface area contributed by atoms with E-state index in [0.29, 0.717) is 0 Å². The van der Waals surface area contributed by atoms with Crippen molar-refractivity contribution >= 4 is 32.7 Å². The fraction of sp³-hybridized carbons (Fsp3) is 0.308. The Hall–Kier alpha value is -1.09. The summed E-state index contributed by atoms with van der Waals surface area (Å²) in [5.74, 6) is 1.82. The highest BCUT2D eigenvalue weighted by atomic mass is 79.9. The van der Waals surface area contributed by atoms with E-state index in [1.54, 1.807) is 0 Å². The largest absolute Gasteiger partial charge is 0.369 e. The smallest absolute Gasteiger partial charge is 0.141 e. The lowest BCUT2D eigenvalue weighted by atomic mass is 10.2. The maximum absolute atomic E-state index is 4.62. The molecular formula is C13H13BrN2. The molecule has 1 saturated carbocycles. The van der Waals surface area contributed by atoms with E-state index < -0.39 is 0 Å². The van der Waals surface area contributed by atoms with Crippen LogP contribution < -0.4 is 5.32 Å². The summed E-state index contributed by atoms with van der Waals surface area (Å²) >= 11 is 3.56. The van der Waals surface area contributed by atoms with E-state index in [4.69, 9.17) is 0 Å². The van der Waals surface area contributed by atoms with Crippen LogP contribution in [0.5, 0.6) is 0 Å². The number of hydrogen-bond acceptors (Lipinski definition) is 2. The summed E-state index contributed by atoms with van der Waals surface area (Å²) in [4.78, 5) is 4.62. The molecule has 3 rings (SSSR count). The van der Waals surface area contributed by atoms with Crippen molar-refractivity contribution in [2.45, 2.75) is 12.8 Å². The lowest BCUT2D eigenvalue weighted by Gasteiger charge is -2.08. The predicted molar refractivity (Wildman–Crippen MR) is 70.7 cm³/mol. The van der Waals surface area contributed by atoms with Crippen LogP contribution in [0.25, 0.3) is 10.9 Å². The van der Waals surface area contributed by atoms with Crippen LogP contribution in [-0.2, 0) is 0 Å². The second kappa shape index (κ2) is 4.06. The number of hydrogen-bond donors (Lipinski definition) is 1. The Morgan fingerprint density at radius 2 is 2.12 bits per heavy atom. The van der Waals surface area contributed by atoms with Gasteiger partial charge in [0.15, 0.2) is 0 Å². The molecule has 1 fully saturated rings. The van der Waals surface area contributed by atoms with Gasteiger partial charge in [-0.3, -0.25) is 0 Å². The van der Waals surface area contributed by atoms with Crippen LogP contribution in [0.15, 0.2) is 34.8 Å². The standard InChI is InChI=1S/C13H13BrN2/c14-11-7-10-3-1-2-4-12(10)16-13(11)15-8-9-5-6-9/h1-4,7,9H,5-6,8H2,(H,15,16). The highest BCUT2D eigenvalue weighted by Gasteiger charge is 2.21. The first-order valence-corrected chi connectivity index (χ1v) is 6.41. The fourth-order valence-electron chi connectivity index (χ4n) is 1.78. The zero-order chi connectivity index (χ0) is 11.0. The van der Waals surface area contributed by atoms with E-state index in [1.165, 1.54) is 18.2 Å². The number of aromatic nitrogens is 1. The number of anilines is 1. The molecule has 1 aromatic carbocycles. The third kappa shape index (κ3) is 2.05. The van der Waals surface area contributed by atoms with Crippen molar-refractivity contribution in [2.75, 3.05) is 11.9 Å². The van der Waals surface area contributed by atoms with Gasteiger partial charge < -0.3 is 5.32 Å². The normalized spacial score (nSPS) is 15.3. The number of nitrogens with zero attached hydrogens (tertiary/aromatic N) is 1. The molecule has 0 unspecified atom stereocenters. The summed E-state index contributed by atoms with van der Waals surface area (Å²) in [5, 5.41) is 4.58. The molecule has 0 amide bonds. The van der Waals surface area contributed by atoms with Gasteiger partial charge in [-0.2, -0.15) is 0 Å². The second-order valence-corrected chi connectivity index (χ2v) is 5.19. The van der Waals surface area contributed by atoms with E-state index in [2.05, 4.69) is 38.4 Å². The second-order valence-electron chi connectivity index (χ2n) is 4.34. The molecule has 0 atom stereocenters. The van der Waals surface area contributed by atoms with Gasteiger partial charge in [0.2, 0.25) is 0 Å². The summed E-state index contributed by atoms with van der Waals surface area (Å²) < 4.78 is 1.05. The molecule has 16 heavy (non-hydrogen) atoms. The number of benzene rings is 1. The van der Waals surface area contributed by atoms with Gasteiger partial charge in [0, 0.05) is 11.9 Å². The molecule has 2 nitrogen and oxygen atoms in total. The maximum Gasteiger partial charge on any atom is 0.141 e. The Morgan fingerprint density at radius 3 is 2.94 bits per heavy atom. The Morgan fingerprint density at radius 1 is 1.31 bits per heavy atom. The van der Waals surface area contributed by atoms with Crippen LogP contribution in [-0.4, -0.2) is 11.5 Å². The highest BCUT2D eigenvalue weighted by Crippen LogP contribution is 2.30. The molecule has 2 aromatic rings. The van der Waals surface area contributed by atoms with Crippen molar-refractivity contribution in [3.8, 4) is 0 Å². The van der Waals surface area contributed by atoms with Crippen molar-refractivity contribution < 1.29 is 0 Å². The topological polar surface area (TPSA) is 24.9 Å². The third-order valence-electron chi connectivity index (χ3n) is 2.93. The predicted octanol–water partition coefficient (Wildman–Crippen LogP) is 3.82. The van der Waals surface area contributed by atoms with E-state index in [-0.39, 0.29) is 0 Å². The molecule has 0 spiro atoms. The van der Waals surface area contributed by atoms with E-state index in [9.17, 15) is 0 Å². The van der Waals surface area contributed by atoms with Gasteiger partial charge >= 0.3 is 0 Å². The van der Waals surface area contributed by atoms with Gasteiger partial charge in [-0.15, -0.1) is 0 Å². The number of rotatable bonds is 3. The minimum atomic E-state index is 0.861. The van der Waals surface area contributed by atoms with Crippen molar-refractivity contribution in [3.63, 3.8) is 0 Å². The SMILES string of the molecule is Brc1cc2ccccc2nc1NCC1CC1. The summed E-state index contributed by atoms with van der Waals surface area (Å²) in [5.41, 5.74) is 1.05. The van der Waals surface area contributed by atoms with E-state index in [0.717, 1.165) is 28.3 Å². The first kappa shape index (κ1) is 10.1. The molecule has 1 heterocycles. The molecule has 1 N–H and O–H groups in total. The van der Waals surface area contributed by atoms with E-state index >= 15 is 0 Å². The lowest BCUT2D eigenvalue weighted by Crippen LogP contribution is -2.05.